The van der Waals surface area contributed by atoms with Crippen LogP contribution < -0.4 is 5.32 Å². The van der Waals surface area contributed by atoms with Gasteiger partial charge in [-0.05, 0) is 19.1 Å². The Morgan fingerprint density at radius 3 is 2.95 bits per heavy atom. The van der Waals surface area contributed by atoms with Crippen molar-refractivity contribution in [3.63, 3.8) is 0 Å². The summed E-state index contributed by atoms with van der Waals surface area (Å²) in [6, 6.07) is 8.45. The number of rotatable bonds is 4. The summed E-state index contributed by atoms with van der Waals surface area (Å²) in [5.74, 6) is 2.04. The van der Waals surface area contributed by atoms with Gasteiger partial charge in [-0.15, -0.1) is 11.8 Å². The first kappa shape index (κ1) is 13.6. The maximum Gasteiger partial charge on any atom is 0.246 e. The standard InChI is InChI=1S/C14H17N3O2S/c1-10-2-4-11(5-3-10)20-9-13-16-14(19-17-13)12-8-18-7-6-15-12/h2-5,12,15H,6-9H2,1H3. The molecule has 0 bridgehead atoms. The van der Waals surface area contributed by atoms with Crippen LogP contribution >= 0.6 is 11.8 Å². The van der Waals surface area contributed by atoms with Crippen molar-refractivity contribution in [1.29, 1.82) is 0 Å². The summed E-state index contributed by atoms with van der Waals surface area (Å²) < 4.78 is 10.7. The molecule has 1 unspecified atom stereocenters. The maximum absolute atomic E-state index is 5.39. The second-order valence-electron chi connectivity index (χ2n) is 4.73. The van der Waals surface area contributed by atoms with Gasteiger partial charge < -0.3 is 14.6 Å². The zero-order valence-electron chi connectivity index (χ0n) is 11.3. The molecule has 6 heteroatoms. The Hall–Kier alpha value is -1.37. The Labute approximate surface area is 122 Å². The number of hydrogen-bond donors (Lipinski definition) is 1. The molecule has 5 nitrogen and oxygen atoms in total. The summed E-state index contributed by atoms with van der Waals surface area (Å²) in [4.78, 5) is 5.63. The molecule has 0 aliphatic carbocycles. The van der Waals surface area contributed by atoms with E-state index in [-0.39, 0.29) is 6.04 Å². The van der Waals surface area contributed by atoms with Crippen LogP contribution in [0.2, 0.25) is 0 Å². The molecule has 2 heterocycles. The van der Waals surface area contributed by atoms with Gasteiger partial charge in [0.1, 0.15) is 6.04 Å². The number of hydrogen-bond acceptors (Lipinski definition) is 6. The third-order valence-corrected chi connectivity index (χ3v) is 4.10. The summed E-state index contributed by atoms with van der Waals surface area (Å²) in [7, 11) is 0. The third-order valence-electron chi connectivity index (χ3n) is 3.09. The Balaban J connectivity index is 1.58. The lowest BCUT2D eigenvalue weighted by atomic mass is 10.2. The monoisotopic (exact) mass is 291 g/mol. The largest absolute Gasteiger partial charge is 0.378 e. The molecule has 106 valence electrons. The van der Waals surface area contributed by atoms with E-state index >= 15 is 0 Å². The number of nitrogens with one attached hydrogen (secondary N) is 1. The van der Waals surface area contributed by atoms with Crippen LogP contribution in [-0.4, -0.2) is 29.9 Å². The fourth-order valence-electron chi connectivity index (χ4n) is 1.97. The van der Waals surface area contributed by atoms with Crippen molar-refractivity contribution in [1.82, 2.24) is 15.5 Å². The lowest BCUT2D eigenvalue weighted by Crippen LogP contribution is -2.34. The van der Waals surface area contributed by atoms with Crippen molar-refractivity contribution < 1.29 is 9.26 Å². The zero-order chi connectivity index (χ0) is 13.8. The van der Waals surface area contributed by atoms with Crippen LogP contribution in [0.25, 0.3) is 0 Å². The minimum Gasteiger partial charge on any atom is -0.378 e. The van der Waals surface area contributed by atoms with E-state index in [0.717, 1.165) is 19.0 Å². The average molecular weight is 291 g/mol. The van der Waals surface area contributed by atoms with Crippen molar-refractivity contribution in [2.45, 2.75) is 23.6 Å². The first-order valence-corrected chi connectivity index (χ1v) is 7.63. The molecule has 1 N–H and O–H groups in total. The molecule has 0 saturated carbocycles. The van der Waals surface area contributed by atoms with Crippen LogP contribution in [0, 0.1) is 6.92 Å². The van der Waals surface area contributed by atoms with E-state index in [0.29, 0.717) is 18.3 Å². The lowest BCUT2D eigenvalue weighted by molar-refractivity contribution is 0.0659. The predicted octanol–water partition coefficient (Wildman–Crippen LogP) is 2.33. The number of morpholine rings is 1. The number of aryl methyl sites for hydroxylation is 1. The van der Waals surface area contributed by atoms with Crippen LogP contribution in [0.5, 0.6) is 0 Å². The normalized spacial score (nSPS) is 19.1. The highest BCUT2D eigenvalue weighted by molar-refractivity contribution is 7.98. The summed E-state index contributed by atoms with van der Waals surface area (Å²) >= 11 is 1.71. The van der Waals surface area contributed by atoms with E-state index in [1.165, 1.54) is 10.5 Å². The number of benzene rings is 1. The maximum atomic E-state index is 5.39. The first-order chi connectivity index (χ1) is 9.81. The molecule has 1 fully saturated rings. The molecule has 3 rings (SSSR count). The van der Waals surface area contributed by atoms with Crippen LogP contribution in [0.4, 0.5) is 0 Å². The van der Waals surface area contributed by atoms with Gasteiger partial charge >= 0.3 is 0 Å². The van der Waals surface area contributed by atoms with Gasteiger partial charge in [-0.3, -0.25) is 0 Å². The average Bonchev–Trinajstić information content (AvgIpc) is 2.97. The summed E-state index contributed by atoms with van der Waals surface area (Å²) in [5, 5.41) is 7.32. The Kier molecular flexibility index (Phi) is 4.34. The molecule has 0 amide bonds. The third kappa shape index (κ3) is 3.39. The molecule has 1 aromatic carbocycles. The molecule has 2 aromatic rings. The van der Waals surface area contributed by atoms with Gasteiger partial charge in [0.25, 0.3) is 0 Å². The fraction of sp³-hybridized carbons (Fsp3) is 0.429. The Morgan fingerprint density at radius 1 is 1.35 bits per heavy atom. The molecular weight excluding hydrogens is 274 g/mol. The number of nitrogens with zero attached hydrogens (tertiary/aromatic N) is 2. The first-order valence-electron chi connectivity index (χ1n) is 6.64. The summed E-state index contributed by atoms with van der Waals surface area (Å²) in [5.41, 5.74) is 1.26. The molecule has 1 atom stereocenters. The van der Waals surface area contributed by atoms with Crippen LogP contribution in [0.15, 0.2) is 33.7 Å². The van der Waals surface area contributed by atoms with E-state index in [2.05, 4.69) is 46.6 Å². The van der Waals surface area contributed by atoms with Gasteiger partial charge in [0.2, 0.25) is 5.89 Å². The van der Waals surface area contributed by atoms with Crippen molar-refractivity contribution in [3.8, 4) is 0 Å². The summed E-state index contributed by atoms with van der Waals surface area (Å²) in [6.07, 6.45) is 0. The van der Waals surface area contributed by atoms with Crippen LogP contribution in [-0.2, 0) is 10.5 Å². The number of ether oxygens (including phenoxy) is 1. The van der Waals surface area contributed by atoms with Crippen molar-refractivity contribution in [3.05, 3.63) is 41.5 Å². The molecule has 20 heavy (non-hydrogen) atoms. The van der Waals surface area contributed by atoms with Crippen LogP contribution in [0.3, 0.4) is 0 Å². The van der Waals surface area contributed by atoms with Crippen LogP contribution in [0.1, 0.15) is 23.3 Å². The van der Waals surface area contributed by atoms with Crippen molar-refractivity contribution in [2.24, 2.45) is 0 Å². The van der Waals surface area contributed by atoms with Crippen molar-refractivity contribution in [2.75, 3.05) is 19.8 Å². The molecule has 1 aliphatic rings. The highest BCUT2D eigenvalue weighted by Crippen LogP contribution is 2.22. The van der Waals surface area contributed by atoms with Gasteiger partial charge in [-0.25, -0.2) is 0 Å². The molecule has 0 spiro atoms. The van der Waals surface area contributed by atoms with Crippen molar-refractivity contribution >= 4 is 11.8 Å². The van der Waals surface area contributed by atoms with E-state index < -0.39 is 0 Å². The molecule has 1 aromatic heterocycles. The van der Waals surface area contributed by atoms with E-state index in [4.69, 9.17) is 9.26 Å². The zero-order valence-corrected chi connectivity index (χ0v) is 12.2. The minimum absolute atomic E-state index is 0.0226. The highest BCUT2D eigenvalue weighted by atomic mass is 32.2. The fourth-order valence-corrected chi connectivity index (χ4v) is 2.72. The molecule has 0 radical (unpaired) electrons. The van der Waals surface area contributed by atoms with E-state index in [1.54, 1.807) is 11.8 Å². The summed E-state index contributed by atoms with van der Waals surface area (Å²) in [6.45, 7) is 4.23. The SMILES string of the molecule is Cc1ccc(SCc2noc(C3COCCN3)n2)cc1. The minimum atomic E-state index is 0.0226. The van der Waals surface area contributed by atoms with Gasteiger partial charge in [0.15, 0.2) is 5.82 Å². The van der Waals surface area contributed by atoms with Gasteiger partial charge in [-0.2, -0.15) is 4.98 Å². The quantitative estimate of drug-likeness (QED) is 0.872. The van der Waals surface area contributed by atoms with Gasteiger partial charge in [-0.1, -0.05) is 22.9 Å². The lowest BCUT2D eigenvalue weighted by Gasteiger charge is -2.20. The van der Waals surface area contributed by atoms with Gasteiger partial charge in [0.05, 0.1) is 19.0 Å². The second-order valence-corrected chi connectivity index (χ2v) is 5.78. The second kappa shape index (κ2) is 6.39. The number of aromatic nitrogens is 2. The highest BCUT2D eigenvalue weighted by Gasteiger charge is 2.21. The molecular formula is C14H17N3O2S. The smallest absolute Gasteiger partial charge is 0.246 e. The molecule has 1 saturated heterocycles. The van der Waals surface area contributed by atoms with E-state index in [1.807, 2.05) is 0 Å². The topological polar surface area (TPSA) is 60.2 Å². The predicted molar refractivity (Wildman–Crippen MR) is 76.6 cm³/mol. The van der Waals surface area contributed by atoms with Gasteiger partial charge in [0, 0.05) is 11.4 Å². The van der Waals surface area contributed by atoms with E-state index in [9.17, 15) is 0 Å². The number of thioether (sulfide) groups is 1. The Bertz CT molecular complexity index is 550. The molecule has 1 aliphatic heterocycles. The Morgan fingerprint density at radius 2 is 2.20 bits per heavy atom.